The molecule has 0 fully saturated rings. The molecule has 0 radical (unpaired) electrons. The van der Waals surface area contributed by atoms with Crippen LogP contribution in [0.3, 0.4) is 0 Å². The Bertz CT molecular complexity index is 1560. The van der Waals surface area contributed by atoms with Crippen molar-refractivity contribution in [3.8, 4) is 11.5 Å². The van der Waals surface area contributed by atoms with E-state index < -0.39 is 45.0 Å². The lowest BCUT2D eigenvalue weighted by molar-refractivity contribution is -0.137. The van der Waals surface area contributed by atoms with Crippen molar-refractivity contribution in [3.63, 3.8) is 0 Å². The van der Waals surface area contributed by atoms with E-state index in [-0.39, 0.29) is 35.0 Å². The van der Waals surface area contributed by atoms with E-state index >= 15 is 0 Å². The van der Waals surface area contributed by atoms with Crippen molar-refractivity contribution >= 4 is 54.3 Å². The molecule has 2 heterocycles. The number of hydrogen-bond donors (Lipinski definition) is 1. The van der Waals surface area contributed by atoms with Gasteiger partial charge in [-0.2, -0.15) is 13.2 Å². The molecule has 3 rings (SSSR count). The molecule has 0 saturated carbocycles. The van der Waals surface area contributed by atoms with E-state index in [1.807, 2.05) is 0 Å². The van der Waals surface area contributed by atoms with E-state index in [4.69, 9.17) is 21.1 Å². The van der Waals surface area contributed by atoms with Gasteiger partial charge in [0, 0.05) is 24.6 Å². The first kappa shape index (κ1) is 30.7. The molecule has 0 saturated heterocycles. The minimum absolute atomic E-state index is 0.0334. The third kappa shape index (κ3) is 7.01. The molecule has 0 amide bonds. The number of rotatable bonds is 12. The maximum absolute atomic E-state index is 13.1. The molecule has 1 aromatic carbocycles. The Hall–Kier alpha value is -2.88. The molecule has 16 heteroatoms. The van der Waals surface area contributed by atoms with Crippen molar-refractivity contribution < 1.29 is 44.3 Å². The van der Waals surface area contributed by atoms with Crippen LogP contribution in [0.25, 0.3) is 0 Å². The fourth-order valence-corrected chi connectivity index (χ4v) is 7.61. The number of unbranched alkanes of at least 4 members (excludes halogenated alkanes) is 1. The predicted molar refractivity (Wildman–Crippen MR) is 138 cm³/mol. The lowest BCUT2D eigenvalue weighted by Crippen LogP contribution is -2.13. The smallest absolute Gasteiger partial charge is 0.417 e. The van der Waals surface area contributed by atoms with Gasteiger partial charge in [0.05, 0.1) is 31.0 Å². The minimum atomic E-state index is -4.71. The zero-order chi connectivity index (χ0) is 29.0. The lowest BCUT2D eigenvalue weighted by atomic mass is 10.0. The Morgan fingerprint density at radius 3 is 2.23 bits per heavy atom. The van der Waals surface area contributed by atoms with Gasteiger partial charge in [-0.25, -0.2) is 21.8 Å². The van der Waals surface area contributed by atoms with Crippen LogP contribution >= 0.6 is 22.9 Å². The highest BCUT2D eigenvalue weighted by molar-refractivity contribution is 7.96. The maximum atomic E-state index is 13.1. The van der Waals surface area contributed by atoms with Crippen LogP contribution in [0.15, 0.2) is 56.0 Å². The number of carbonyl (C=O) groups excluding carboxylic acids is 1. The number of methoxy groups -OCH3 is 2. The first-order valence-corrected chi connectivity index (χ1v) is 15.3. The van der Waals surface area contributed by atoms with Crippen LogP contribution in [0, 0.1) is 0 Å². The number of alkyl halides is 4. The largest absolute Gasteiger partial charge is 0.496 e. The molecule has 3 aromatic rings. The van der Waals surface area contributed by atoms with E-state index in [2.05, 4.69) is 9.71 Å². The highest BCUT2D eigenvalue weighted by Gasteiger charge is 2.32. The summed E-state index contributed by atoms with van der Waals surface area (Å²) < 4.78 is 102. The van der Waals surface area contributed by atoms with Gasteiger partial charge in [-0.3, -0.25) is 9.52 Å². The van der Waals surface area contributed by atoms with Gasteiger partial charge in [0.2, 0.25) is 9.84 Å². The molecule has 0 bridgehead atoms. The molecule has 0 aliphatic rings. The Kier molecular flexibility index (Phi) is 9.51. The average Bonchev–Trinajstić information content (AvgIpc) is 3.40. The van der Waals surface area contributed by atoms with E-state index in [0.29, 0.717) is 48.4 Å². The summed E-state index contributed by atoms with van der Waals surface area (Å²) in [6.45, 7) is 0. The van der Waals surface area contributed by atoms with E-state index in [1.54, 1.807) is 0 Å². The summed E-state index contributed by atoms with van der Waals surface area (Å²) in [5.74, 6) is 0.268. The second-order valence-electron chi connectivity index (χ2n) is 7.89. The molecule has 0 unspecified atom stereocenters. The number of anilines is 1. The van der Waals surface area contributed by atoms with Crippen LogP contribution in [0.2, 0.25) is 0 Å². The molecule has 0 atom stereocenters. The second-order valence-corrected chi connectivity index (χ2v) is 13.4. The third-order valence-corrected chi connectivity index (χ3v) is 10.6. The number of ketones is 1. The predicted octanol–water partition coefficient (Wildman–Crippen LogP) is 5.40. The number of sulfonamides is 1. The Morgan fingerprint density at radius 1 is 1.00 bits per heavy atom. The van der Waals surface area contributed by atoms with Gasteiger partial charge in [0.1, 0.15) is 19.9 Å². The van der Waals surface area contributed by atoms with Crippen LogP contribution < -0.4 is 14.2 Å². The summed E-state index contributed by atoms with van der Waals surface area (Å²) in [5.41, 5.74) is -1.12. The number of sulfone groups is 1. The fourth-order valence-electron chi connectivity index (χ4n) is 3.31. The minimum Gasteiger partial charge on any atom is -0.496 e. The zero-order valence-electron chi connectivity index (χ0n) is 20.4. The maximum Gasteiger partial charge on any atom is 0.417 e. The molecule has 2 aromatic heterocycles. The Labute approximate surface area is 231 Å². The number of benzene rings is 1. The summed E-state index contributed by atoms with van der Waals surface area (Å²) in [4.78, 5) is 16.1. The van der Waals surface area contributed by atoms with E-state index in [9.17, 15) is 34.8 Å². The summed E-state index contributed by atoms with van der Waals surface area (Å²) in [6, 6.07) is 5.89. The Balaban J connectivity index is 1.93. The number of carbonyl (C=O) groups is 1. The van der Waals surface area contributed by atoms with Crippen molar-refractivity contribution in [1.29, 1.82) is 0 Å². The number of Topliss-reactive ketones (excluding diaryl/α,β-unsaturated/α-hetero) is 1. The number of pyridine rings is 1. The van der Waals surface area contributed by atoms with E-state index in [1.165, 1.54) is 26.4 Å². The average molecular weight is 627 g/mol. The van der Waals surface area contributed by atoms with Crippen LogP contribution in [0.5, 0.6) is 11.5 Å². The van der Waals surface area contributed by atoms with Gasteiger partial charge in [-0.05, 0) is 43.2 Å². The first-order chi connectivity index (χ1) is 18.2. The topological polar surface area (TPSA) is 129 Å². The molecular formula is C23H22ClF3N2O7S3. The number of nitrogens with one attached hydrogen (secondary N) is 1. The fraction of sp³-hybridized carbons (Fsp3) is 0.304. The van der Waals surface area contributed by atoms with Crippen LogP contribution in [-0.2, 0) is 26.0 Å². The molecule has 0 spiro atoms. The van der Waals surface area contributed by atoms with Gasteiger partial charge in [-0.15, -0.1) is 22.9 Å². The standard InChI is InChI=1S/C23H22ClF3N2O7S3/c1-35-18-12-19(36-2)16(11-15(18)17(30)5-3-4-10-24)29-39(33,34)22-9-8-21(37-22)38(31,32)20-7-6-14(13-28-20)23(25,26)27/h6-9,11-13,29H,3-5,10H2,1-2H3. The van der Waals surface area contributed by atoms with Gasteiger partial charge in [0.25, 0.3) is 10.0 Å². The molecule has 0 aliphatic carbocycles. The Morgan fingerprint density at radius 2 is 1.67 bits per heavy atom. The quantitative estimate of drug-likeness (QED) is 0.161. The van der Waals surface area contributed by atoms with Crippen molar-refractivity contribution in [1.82, 2.24) is 4.98 Å². The van der Waals surface area contributed by atoms with Crippen LogP contribution in [0.4, 0.5) is 18.9 Å². The number of hydrogen-bond acceptors (Lipinski definition) is 9. The van der Waals surface area contributed by atoms with Crippen molar-refractivity contribution in [2.75, 3.05) is 24.8 Å². The molecule has 39 heavy (non-hydrogen) atoms. The van der Waals surface area contributed by atoms with Gasteiger partial charge < -0.3 is 9.47 Å². The number of ether oxygens (including phenoxy) is 2. The molecule has 212 valence electrons. The number of aromatic nitrogens is 1. The summed E-state index contributed by atoms with van der Waals surface area (Å²) in [5, 5.41) is -0.677. The molecule has 0 aliphatic heterocycles. The van der Waals surface area contributed by atoms with Gasteiger partial charge in [0.15, 0.2) is 10.8 Å². The highest BCUT2D eigenvalue weighted by atomic mass is 35.5. The second kappa shape index (κ2) is 12.1. The van der Waals surface area contributed by atoms with Crippen molar-refractivity contribution in [2.24, 2.45) is 0 Å². The van der Waals surface area contributed by atoms with Gasteiger partial charge >= 0.3 is 6.18 Å². The summed E-state index contributed by atoms with van der Waals surface area (Å²) in [7, 11) is -6.18. The lowest BCUT2D eigenvalue weighted by Gasteiger charge is -2.15. The molecule has 1 N–H and O–H groups in total. The van der Waals surface area contributed by atoms with Crippen molar-refractivity contribution in [3.05, 3.63) is 53.7 Å². The van der Waals surface area contributed by atoms with Crippen LogP contribution in [-0.4, -0.2) is 47.7 Å². The highest BCUT2D eigenvalue weighted by Crippen LogP contribution is 2.37. The number of nitrogens with zero attached hydrogens (tertiary/aromatic N) is 1. The summed E-state index contributed by atoms with van der Waals surface area (Å²) in [6.07, 6.45) is -3.06. The number of thiophene rings is 1. The van der Waals surface area contributed by atoms with Gasteiger partial charge in [-0.1, -0.05) is 0 Å². The van der Waals surface area contributed by atoms with Crippen molar-refractivity contribution in [2.45, 2.75) is 38.9 Å². The molecular weight excluding hydrogens is 605 g/mol. The number of halogens is 4. The van der Waals surface area contributed by atoms with Crippen LogP contribution in [0.1, 0.15) is 35.2 Å². The monoisotopic (exact) mass is 626 g/mol. The summed E-state index contributed by atoms with van der Waals surface area (Å²) >= 11 is 6.03. The SMILES string of the molecule is COc1cc(OC)c(C(=O)CCCCCl)cc1NS(=O)(=O)c1ccc(S(=O)(=O)c2ccc(C(F)(F)F)cn2)s1. The molecule has 9 nitrogen and oxygen atoms in total. The third-order valence-electron chi connectivity index (χ3n) is 5.28. The normalized spacial score (nSPS) is 12.3. The zero-order valence-corrected chi connectivity index (χ0v) is 23.6. The van der Waals surface area contributed by atoms with E-state index in [0.717, 1.165) is 12.1 Å². The first-order valence-electron chi connectivity index (χ1n) is 11.0.